The summed E-state index contributed by atoms with van der Waals surface area (Å²) < 4.78 is 41.0. The van der Waals surface area contributed by atoms with Gasteiger partial charge in [0.2, 0.25) is 0 Å². The van der Waals surface area contributed by atoms with E-state index in [-0.39, 0.29) is 21.7 Å². The molecule has 0 radical (unpaired) electrons. The van der Waals surface area contributed by atoms with Crippen LogP contribution in [0.2, 0.25) is 5.02 Å². The Balaban J connectivity index is 2.52. The third kappa shape index (κ3) is 2.60. The lowest BCUT2D eigenvalue weighted by atomic mass is 9.97. The topological polar surface area (TPSA) is 26.0 Å². The first kappa shape index (κ1) is 13.9. The average molecular weight is 286 g/mol. The molecular formula is C14H11ClF3N. The quantitative estimate of drug-likeness (QED) is 0.883. The molecule has 0 bridgehead atoms. The Labute approximate surface area is 113 Å². The second kappa shape index (κ2) is 5.23. The number of hydrogen-bond donors (Lipinski definition) is 1. The summed E-state index contributed by atoms with van der Waals surface area (Å²) in [5, 5.41) is -0.0684. The molecule has 1 atom stereocenters. The predicted octanol–water partition coefficient (Wildman–Crippen LogP) is 4.11. The number of nitrogens with two attached hydrogens (primary N) is 1. The summed E-state index contributed by atoms with van der Waals surface area (Å²) in [7, 11) is 0. The van der Waals surface area contributed by atoms with Gasteiger partial charge in [0, 0.05) is 5.56 Å². The molecular weight excluding hydrogens is 275 g/mol. The summed E-state index contributed by atoms with van der Waals surface area (Å²) in [6.45, 7) is 1.51. The highest BCUT2D eigenvalue weighted by Crippen LogP contribution is 2.28. The molecule has 0 saturated carbocycles. The summed E-state index contributed by atoms with van der Waals surface area (Å²) in [4.78, 5) is 0. The van der Waals surface area contributed by atoms with Crippen molar-refractivity contribution in [2.45, 2.75) is 13.0 Å². The van der Waals surface area contributed by atoms with Gasteiger partial charge < -0.3 is 5.73 Å². The molecule has 19 heavy (non-hydrogen) atoms. The Kier molecular flexibility index (Phi) is 3.83. The molecule has 0 saturated heterocycles. The van der Waals surface area contributed by atoms with Gasteiger partial charge in [0.15, 0.2) is 0 Å². The molecule has 1 nitrogen and oxygen atoms in total. The molecule has 2 aromatic carbocycles. The fourth-order valence-corrected chi connectivity index (χ4v) is 1.95. The number of aryl methyl sites for hydroxylation is 1. The average Bonchev–Trinajstić information content (AvgIpc) is 2.37. The monoisotopic (exact) mass is 285 g/mol. The zero-order chi connectivity index (χ0) is 14.2. The highest BCUT2D eigenvalue weighted by molar-refractivity contribution is 6.30. The van der Waals surface area contributed by atoms with Crippen LogP contribution in [0.4, 0.5) is 13.2 Å². The van der Waals surface area contributed by atoms with Crippen LogP contribution in [-0.2, 0) is 0 Å². The van der Waals surface area contributed by atoms with E-state index < -0.39 is 23.5 Å². The number of halogens is 4. The molecule has 5 heteroatoms. The van der Waals surface area contributed by atoms with Crippen LogP contribution >= 0.6 is 11.6 Å². The summed E-state index contributed by atoms with van der Waals surface area (Å²) in [6.07, 6.45) is 0. The Hall–Kier alpha value is -1.52. The van der Waals surface area contributed by atoms with Gasteiger partial charge in [-0.05, 0) is 36.2 Å². The van der Waals surface area contributed by atoms with Crippen molar-refractivity contribution < 1.29 is 13.2 Å². The molecule has 0 aliphatic heterocycles. The molecule has 0 amide bonds. The highest BCUT2D eigenvalue weighted by atomic mass is 35.5. The highest BCUT2D eigenvalue weighted by Gasteiger charge is 2.20. The van der Waals surface area contributed by atoms with Crippen LogP contribution in [0.1, 0.15) is 22.7 Å². The molecule has 2 aromatic rings. The Morgan fingerprint density at radius 3 is 2.37 bits per heavy atom. The van der Waals surface area contributed by atoms with Crippen LogP contribution < -0.4 is 5.73 Å². The number of rotatable bonds is 2. The first-order chi connectivity index (χ1) is 8.91. The maximum Gasteiger partial charge on any atom is 0.142 e. The smallest absolute Gasteiger partial charge is 0.142 e. The molecule has 0 aromatic heterocycles. The van der Waals surface area contributed by atoms with E-state index in [9.17, 15) is 13.2 Å². The van der Waals surface area contributed by atoms with Crippen LogP contribution in [0, 0.1) is 24.4 Å². The number of benzene rings is 2. The second-order valence-electron chi connectivity index (χ2n) is 4.24. The lowest BCUT2D eigenvalue weighted by molar-refractivity contribution is 0.537. The molecule has 2 N–H and O–H groups in total. The normalized spacial score (nSPS) is 12.5. The Bertz CT molecular complexity index is 628. The van der Waals surface area contributed by atoms with E-state index in [1.807, 2.05) is 0 Å². The minimum atomic E-state index is -1.09. The summed E-state index contributed by atoms with van der Waals surface area (Å²) >= 11 is 5.56. The molecule has 2 rings (SSSR count). The molecule has 100 valence electrons. The largest absolute Gasteiger partial charge is 0.320 e. The van der Waals surface area contributed by atoms with E-state index in [1.54, 1.807) is 0 Å². The van der Waals surface area contributed by atoms with Crippen molar-refractivity contribution in [2.75, 3.05) is 0 Å². The fraction of sp³-hybridized carbons (Fsp3) is 0.143. The van der Waals surface area contributed by atoms with Crippen molar-refractivity contribution in [1.29, 1.82) is 0 Å². The molecule has 0 aliphatic carbocycles. The van der Waals surface area contributed by atoms with Gasteiger partial charge in [0.25, 0.3) is 0 Å². The first-order valence-corrected chi connectivity index (χ1v) is 5.94. The fourth-order valence-electron chi connectivity index (χ4n) is 1.84. The zero-order valence-corrected chi connectivity index (χ0v) is 10.8. The third-order valence-electron chi connectivity index (χ3n) is 2.93. The lowest BCUT2D eigenvalue weighted by Gasteiger charge is -2.16. The van der Waals surface area contributed by atoms with E-state index in [1.165, 1.54) is 25.1 Å². The van der Waals surface area contributed by atoms with Gasteiger partial charge in [0.1, 0.15) is 17.5 Å². The van der Waals surface area contributed by atoms with Crippen LogP contribution in [0.5, 0.6) is 0 Å². The van der Waals surface area contributed by atoms with Crippen molar-refractivity contribution >= 4 is 11.6 Å². The summed E-state index contributed by atoms with van der Waals surface area (Å²) in [5.41, 5.74) is 6.07. The Morgan fingerprint density at radius 1 is 1.05 bits per heavy atom. The first-order valence-electron chi connectivity index (χ1n) is 5.57. The van der Waals surface area contributed by atoms with Gasteiger partial charge in [0.05, 0.1) is 11.1 Å². The van der Waals surface area contributed by atoms with Crippen molar-refractivity contribution in [3.8, 4) is 0 Å². The molecule has 1 unspecified atom stereocenters. The van der Waals surface area contributed by atoms with Gasteiger partial charge in [-0.3, -0.25) is 0 Å². The standard InChI is InChI=1S/C14H11ClF3N/c1-7-2-5-10(16)12(13(7)18)14(19)8-3-4-9(15)11(17)6-8/h2-6,14H,19H2,1H3. The van der Waals surface area contributed by atoms with Gasteiger partial charge in [-0.1, -0.05) is 23.7 Å². The molecule has 0 fully saturated rings. The van der Waals surface area contributed by atoms with Gasteiger partial charge in [-0.15, -0.1) is 0 Å². The number of hydrogen-bond acceptors (Lipinski definition) is 1. The van der Waals surface area contributed by atoms with Crippen LogP contribution in [0.3, 0.4) is 0 Å². The molecule has 0 spiro atoms. The minimum Gasteiger partial charge on any atom is -0.320 e. The summed E-state index contributed by atoms with van der Waals surface area (Å²) in [5.74, 6) is -2.16. The van der Waals surface area contributed by atoms with Gasteiger partial charge in [-0.25, -0.2) is 13.2 Å². The maximum atomic E-state index is 13.9. The SMILES string of the molecule is Cc1ccc(F)c(C(N)c2ccc(Cl)c(F)c2)c1F. The third-order valence-corrected chi connectivity index (χ3v) is 3.24. The van der Waals surface area contributed by atoms with Crippen LogP contribution in [-0.4, -0.2) is 0 Å². The van der Waals surface area contributed by atoms with Crippen molar-refractivity contribution in [1.82, 2.24) is 0 Å². The van der Waals surface area contributed by atoms with Crippen LogP contribution in [0.15, 0.2) is 30.3 Å². The lowest BCUT2D eigenvalue weighted by Crippen LogP contribution is -2.16. The van der Waals surface area contributed by atoms with Crippen molar-refractivity contribution in [3.63, 3.8) is 0 Å². The van der Waals surface area contributed by atoms with Crippen LogP contribution in [0.25, 0.3) is 0 Å². The molecule has 0 aliphatic rings. The van der Waals surface area contributed by atoms with E-state index in [2.05, 4.69) is 0 Å². The predicted molar refractivity (Wildman–Crippen MR) is 68.5 cm³/mol. The van der Waals surface area contributed by atoms with Crippen molar-refractivity contribution in [2.24, 2.45) is 5.73 Å². The Morgan fingerprint density at radius 2 is 1.74 bits per heavy atom. The van der Waals surface area contributed by atoms with E-state index in [0.717, 1.165) is 12.1 Å². The minimum absolute atomic E-state index is 0.0684. The van der Waals surface area contributed by atoms with Gasteiger partial charge >= 0.3 is 0 Å². The van der Waals surface area contributed by atoms with Crippen molar-refractivity contribution in [3.05, 3.63) is 69.5 Å². The maximum absolute atomic E-state index is 13.9. The van der Waals surface area contributed by atoms with E-state index in [4.69, 9.17) is 17.3 Å². The molecule has 0 heterocycles. The summed E-state index contributed by atoms with van der Waals surface area (Å²) in [6, 6.07) is 5.19. The zero-order valence-electron chi connectivity index (χ0n) is 10.1. The van der Waals surface area contributed by atoms with E-state index in [0.29, 0.717) is 0 Å². The second-order valence-corrected chi connectivity index (χ2v) is 4.65. The van der Waals surface area contributed by atoms with E-state index >= 15 is 0 Å². The van der Waals surface area contributed by atoms with Gasteiger partial charge in [-0.2, -0.15) is 0 Å².